The van der Waals surface area contributed by atoms with Crippen molar-refractivity contribution < 1.29 is 9.47 Å². The molecule has 0 unspecified atom stereocenters. The lowest BCUT2D eigenvalue weighted by Gasteiger charge is -2.10. The van der Waals surface area contributed by atoms with Gasteiger partial charge in [-0.05, 0) is 31.5 Å². The molecule has 0 saturated carbocycles. The Labute approximate surface area is 105 Å². The third-order valence-corrected chi connectivity index (χ3v) is 1.83. The number of ether oxygens (including phenoxy) is 2. The van der Waals surface area contributed by atoms with Crippen LogP contribution in [0.5, 0.6) is 11.5 Å². The van der Waals surface area contributed by atoms with Crippen LogP contribution in [0.3, 0.4) is 0 Å². The summed E-state index contributed by atoms with van der Waals surface area (Å²) in [6.45, 7) is 11.5. The largest absolute Gasteiger partial charge is 0.493 e. The molecule has 1 aromatic carbocycles. The van der Waals surface area contributed by atoms with Crippen LogP contribution in [0.2, 0.25) is 0 Å². The van der Waals surface area contributed by atoms with Gasteiger partial charge in [0.25, 0.3) is 0 Å². The summed E-state index contributed by atoms with van der Waals surface area (Å²) >= 11 is 0. The quantitative estimate of drug-likeness (QED) is 0.705. The predicted octanol–water partition coefficient (Wildman–Crippen LogP) is 4.67. The predicted molar refractivity (Wildman–Crippen MR) is 74.5 cm³/mol. The molecule has 0 bridgehead atoms. The number of rotatable bonds is 4. The summed E-state index contributed by atoms with van der Waals surface area (Å²) in [6, 6.07) is 5.78. The van der Waals surface area contributed by atoms with E-state index in [1.807, 2.05) is 51.1 Å². The van der Waals surface area contributed by atoms with Gasteiger partial charge in [0.1, 0.15) is 0 Å². The number of allylic oxidation sites excluding steroid dienone is 2. The number of benzene rings is 1. The van der Waals surface area contributed by atoms with E-state index in [1.54, 1.807) is 14.0 Å². The van der Waals surface area contributed by atoms with Crippen molar-refractivity contribution in [3.8, 4) is 11.5 Å². The number of hydrogen-bond acceptors (Lipinski definition) is 2. The summed E-state index contributed by atoms with van der Waals surface area (Å²) in [6.07, 6.45) is 3.99. The average molecular weight is 234 g/mol. The first-order valence-corrected chi connectivity index (χ1v) is 5.81. The highest BCUT2D eigenvalue weighted by Gasteiger charge is 2.04. The highest BCUT2D eigenvalue weighted by molar-refractivity contribution is 5.55. The van der Waals surface area contributed by atoms with Gasteiger partial charge < -0.3 is 9.47 Å². The minimum absolute atomic E-state index is 0.645. The molecular weight excluding hydrogens is 212 g/mol. The summed E-state index contributed by atoms with van der Waals surface area (Å²) in [5, 5.41) is 0. The fourth-order valence-electron chi connectivity index (χ4n) is 1.25. The second-order valence-corrected chi connectivity index (χ2v) is 3.21. The van der Waals surface area contributed by atoms with Gasteiger partial charge in [0, 0.05) is 0 Å². The SMILES string of the molecule is C=C(C)Oc1ccc(/C=C/C)cc1OC.CC. The van der Waals surface area contributed by atoms with Crippen LogP contribution < -0.4 is 9.47 Å². The maximum atomic E-state index is 5.43. The van der Waals surface area contributed by atoms with Crippen molar-refractivity contribution in [2.24, 2.45) is 0 Å². The summed E-state index contributed by atoms with van der Waals surface area (Å²) < 4.78 is 10.7. The average Bonchev–Trinajstić information content (AvgIpc) is 2.33. The second kappa shape index (κ2) is 8.45. The Morgan fingerprint density at radius 1 is 1.24 bits per heavy atom. The molecular formula is C15H22O2. The first kappa shape index (κ1) is 15.3. The summed E-state index contributed by atoms with van der Waals surface area (Å²) in [5.74, 6) is 2.05. The van der Waals surface area contributed by atoms with Crippen LogP contribution in [0.15, 0.2) is 36.6 Å². The van der Waals surface area contributed by atoms with Gasteiger partial charge in [0.2, 0.25) is 0 Å². The van der Waals surface area contributed by atoms with Crippen molar-refractivity contribution in [2.45, 2.75) is 27.7 Å². The molecule has 0 amide bonds. The molecule has 0 spiro atoms. The van der Waals surface area contributed by atoms with Crippen molar-refractivity contribution >= 4 is 6.08 Å². The smallest absolute Gasteiger partial charge is 0.168 e. The highest BCUT2D eigenvalue weighted by atomic mass is 16.5. The van der Waals surface area contributed by atoms with Gasteiger partial charge in [0.05, 0.1) is 12.9 Å². The molecule has 17 heavy (non-hydrogen) atoms. The van der Waals surface area contributed by atoms with E-state index in [0.29, 0.717) is 17.3 Å². The van der Waals surface area contributed by atoms with Crippen LogP contribution in [-0.2, 0) is 0 Å². The van der Waals surface area contributed by atoms with Crippen LogP contribution in [0.1, 0.15) is 33.3 Å². The molecule has 1 aromatic rings. The van der Waals surface area contributed by atoms with E-state index >= 15 is 0 Å². The van der Waals surface area contributed by atoms with E-state index in [9.17, 15) is 0 Å². The minimum Gasteiger partial charge on any atom is -0.493 e. The lowest BCUT2D eigenvalue weighted by atomic mass is 10.2. The minimum atomic E-state index is 0.645. The van der Waals surface area contributed by atoms with Gasteiger partial charge in [-0.15, -0.1) is 0 Å². The van der Waals surface area contributed by atoms with E-state index in [4.69, 9.17) is 9.47 Å². The Hall–Kier alpha value is -1.70. The van der Waals surface area contributed by atoms with Crippen molar-refractivity contribution in [3.05, 3.63) is 42.2 Å². The first-order chi connectivity index (χ1) is 8.17. The number of methoxy groups -OCH3 is 1. The lowest BCUT2D eigenvalue weighted by molar-refractivity contribution is 0.362. The zero-order valence-corrected chi connectivity index (χ0v) is 11.4. The van der Waals surface area contributed by atoms with Crippen LogP contribution in [-0.4, -0.2) is 7.11 Å². The standard InChI is InChI=1S/C13H16O2.C2H6/c1-5-6-11-7-8-12(15-10(2)3)13(9-11)14-4;1-2/h5-9H,2H2,1,3-4H3;1-2H3/b6-5+;. The van der Waals surface area contributed by atoms with Crippen molar-refractivity contribution in [3.63, 3.8) is 0 Å². The normalized spacial score (nSPS) is 9.47. The fraction of sp³-hybridized carbons (Fsp3) is 0.333. The molecule has 0 saturated heterocycles. The van der Waals surface area contributed by atoms with Crippen molar-refractivity contribution in [1.82, 2.24) is 0 Å². The summed E-state index contributed by atoms with van der Waals surface area (Å²) in [7, 11) is 1.63. The monoisotopic (exact) mass is 234 g/mol. The van der Waals surface area contributed by atoms with Crippen molar-refractivity contribution in [2.75, 3.05) is 7.11 Å². The third-order valence-electron chi connectivity index (χ3n) is 1.83. The van der Waals surface area contributed by atoms with E-state index in [0.717, 1.165) is 5.56 Å². The zero-order valence-electron chi connectivity index (χ0n) is 11.4. The topological polar surface area (TPSA) is 18.5 Å². The molecule has 0 heterocycles. The fourth-order valence-corrected chi connectivity index (χ4v) is 1.25. The Balaban J connectivity index is 0.00000121. The van der Waals surface area contributed by atoms with Gasteiger partial charge >= 0.3 is 0 Å². The van der Waals surface area contributed by atoms with Crippen molar-refractivity contribution in [1.29, 1.82) is 0 Å². The lowest BCUT2D eigenvalue weighted by Crippen LogP contribution is -1.93. The van der Waals surface area contributed by atoms with Gasteiger partial charge in [-0.3, -0.25) is 0 Å². The van der Waals surface area contributed by atoms with E-state index < -0.39 is 0 Å². The molecule has 0 aromatic heterocycles. The highest BCUT2D eigenvalue weighted by Crippen LogP contribution is 2.29. The number of hydrogen-bond donors (Lipinski definition) is 0. The molecule has 0 aliphatic rings. The van der Waals surface area contributed by atoms with Gasteiger partial charge in [-0.1, -0.05) is 38.6 Å². The Morgan fingerprint density at radius 3 is 2.35 bits per heavy atom. The molecule has 0 aliphatic heterocycles. The van der Waals surface area contributed by atoms with E-state index in [-0.39, 0.29) is 0 Å². The maximum absolute atomic E-state index is 5.43. The van der Waals surface area contributed by atoms with Crippen LogP contribution in [0.4, 0.5) is 0 Å². The van der Waals surface area contributed by atoms with Crippen LogP contribution in [0, 0.1) is 0 Å². The molecule has 0 N–H and O–H groups in total. The van der Waals surface area contributed by atoms with Crippen LogP contribution >= 0.6 is 0 Å². The second-order valence-electron chi connectivity index (χ2n) is 3.21. The molecule has 0 aliphatic carbocycles. The molecule has 0 fully saturated rings. The molecule has 0 radical (unpaired) electrons. The third kappa shape index (κ3) is 5.25. The summed E-state index contributed by atoms with van der Waals surface area (Å²) in [5.41, 5.74) is 1.09. The van der Waals surface area contributed by atoms with E-state index in [1.165, 1.54) is 0 Å². The summed E-state index contributed by atoms with van der Waals surface area (Å²) in [4.78, 5) is 0. The Bertz CT molecular complexity index is 379. The van der Waals surface area contributed by atoms with Crippen LogP contribution in [0.25, 0.3) is 6.08 Å². The Morgan fingerprint density at radius 2 is 1.88 bits per heavy atom. The Kier molecular flexibility index (Phi) is 7.61. The van der Waals surface area contributed by atoms with E-state index in [2.05, 4.69) is 6.58 Å². The van der Waals surface area contributed by atoms with Gasteiger partial charge in [-0.25, -0.2) is 0 Å². The first-order valence-electron chi connectivity index (χ1n) is 5.81. The van der Waals surface area contributed by atoms with Gasteiger partial charge in [0.15, 0.2) is 11.5 Å². The maximum Gasteiger partial charge on any atom is 0.168 e. The molecule has 2 nitrogen and oxygen atoms in total. The van der Waals surface area contributed by atoms with Gasteiger partial charge in [-0.2, -0.15) is 0 Å². The molecule has 1 rings (SSSR count). The zero-order chi connectivity index (χ0) is 13.3. The molecule has 0 atom stereocenters. The molecule has 2 heteroatoms. The molecule has 94 valence electrons.